The number of likely N-dealkylation sites (N-methyl/N-ethyl adjacent to an activating group) is 1. The maximum atomic E-state index is 13.0. The van der Waals surface area contributed by atoms with Gasteiger partial charge in [0, 0.05) is 56.5 Å². The number of rotatable bonds is 3. The fourth-order valence-corrected chi connectivity index (χ4v) is 3.34. The van der Waals surface area contributed by atoms with Gasteiger partial charge in [0.05, 0.1) is 0 Å². The number of nitrogens with zero attached hydrogens (tertiary/aromatic N) is 7. The van der Waals surface area contributed by atoms with Gasteiger partial charge in [-0.15, -0.1) is 0 Å². The van der Waals surface area contributed by atoms with Gasteiger partial charge >= 0.3 is 6.18 Å². The standard InChI is InChI=1S/C17H18F3N7/c1-11-7-14(23-10-22-11)25(2)12-3-5-26(8-12)15-16-24-13(17(18,19)20)9-27(16)6-4-21-15/h4,6-7,9-10,12H,3,5,8H2,1-2H3. The van der Waals surface area contributed by atoms with E-state index in [1.165, 1.54) is 23.1 Å². The molecule has 3 aromatic rings. The van der Waals surface area contributed by atoms with Crippen molar-refractivity contribution in [2.45, 2.75) is 25.6 Å². The summed E-state index contributed by atoms with van der Waals surface area (Å²) in [5.41, 5.74) is 0.178. The highest BCUT2D eigenvalue weighted by molar-refractivity contribution is 5.65. The Morgan fingerprint density at radius 1 is 1.22 bits per heavy atom. The Morgan fingerprint density at radius 3 is 2.78 bits per heavy atom. The molecule has 142 valence electrons. The van der Waals surface area contributed by atoms with Crippen LogP contribution in [0.3, 0.4) is 0 Å². The molecule has 0 N–H and O–H groups in total. The molecule has 0 spiro atoms. The number of imidazole rings is 1. The van der Waals surface area contributed by atoms with E-state index in [0.717, 1.165) is 24.1 Å². The van der Waals surface area contributed by atoms with E-state index < -0.39 is 11.9 Å². The van der Waals surface area contributed by atoms with Crippen molar-refractivity contribution in [2.75, 3.05) is 29.9 Å². The minimum Gasteiger partial charge on any atom is -0.355 e. The first kappa shape index (κ1) is 17.5. The number of halogens is 3. The predicted molar refractivity (Wildman–Crippen MR) is 93.8 cm³/mol. The van der Waals surface area contributed by atoms with Crippen LogP contribution in [0.5, 0.6) is 0 Å². The summed E-state index contributed by atoms with van der Waals surface area (Å²) >= 11 is 0. The third-order valence-corrected chi connectivity index (χ3v) is 4.81. The van der Waals surface area contributed by atoms with Crippen molar-refractivity contribution in [3.8, 4) is 0 Å². The second kappa shape index (κ2) is 6.36. The first-order chi connectivity index (χ1) is 12.8. The summed E-state index contributed by atoms with van der Waals surface area (Å²) in [4.78, 5) is 20.5. The zero-order valence-corrected chi connectivity index (χ0v) is 14.8. The number of aromatic nitrogens is 5. The van der Waals surface area contributed by atoms with Crippen molar-refractivity contribution < 1.29 is 13.2 Å². The second-order valence-corrected chi connectivity index (χ2v) is 6.62. The first-order valence-corrected chi connectivity index (χ1v) is 8.50. The molecule has 1 aliphatic heterocycles. The van der Waals surface area contributed by atoms with Crippen LogP contribution >= 0.6 is 0 Å². The summed E-state index contributed by atoms with van der Waals surface area (Å²) in [5, 5.41) is 0. The number of anilines is 2. The Hall–Kier alpha value is -2.91. The highest BCUT2D eigenvalue weighted by atomic mass is 19.4. The van der Waals surface area contributed by atoms with Gasteiger partial charge in [-0.25, -0.2) is 19.9 Å². The van der Waals surface area contributed by atoms with Gasteiger partial charge in [-0.1, -0.05) is 0 Å². The lowest BCUT2D eigenvalue weighted by atomic mass is 10.2. The lowest BCUT2D eigenvalue weighted by molar-refractivity contribution is -0.140. The van der Waals surface area contributed by atoms with Crippen LogP contribution in [0.1, 0.15) is 17.8 Å². The van der Waals surface area contributed by atoms with E-state index in [0.29, 0.717) is 18.9 Å². The van der Waals surface area contributed by atoms with Gasteiger partial charge in [0.15, 0.2) is 17.2 Å². The quantitative estimate of drug-likeness (QED) is 0.699. The predicted octanol–water partition coefficient (Wildman–Crippen LogP) is 2.56. The van der Waals surface area contributed by atoms with Gasteiger partial charge in [-0.05, 0) is 13.3 Å². The van der Waals surface area contributed by atoms with E-state index in [2.05, 4.69) is 24.8 Å². The van der Waals surface area contributed by atoms with Crippen LogP contribution in [0.2, 0.25) is 0 Å². The van der Waals surface area contributed by atoms with Crippen LogP contribution in [0.25, 0.3) is 5.65 Å². The second-order valence-electron chi connectivity index (χ2n) is 6.62. The lowest BCUT2D eigenvalue weighted by Crippen LogP contribution is -2.35. The van der Waals surface area contributed by atoms with E-state index >= 15 is 0 Å². The van der Waals surface area contributed by atoms with Crippen LogP contribution in [0.15, 0.2) is 31.0 Å². The molecule has 0 radical (unpaired) electrons. The molecule has 4 heterocycles. The number of alkyl halides is 3. The Balaban J connectivity index is 1.59. The lowest BCUT2D eigenvalue weighted by Gasteiger charge is -2.26. The normalized spacial score (nSPS) is 17.7. The topological polar surface area (TPSA) is 62.5 Å². The Morgan fingerprint density at radius 2 is 2.04 bits per heavy atom. The third kappa shape index (κ3) is 3.26. The minimum atomic E-state index is -4.48. The molecule has 7 nitrogen and oxygen atoms in total. The molecule has 4 rings (SSSR count). The molecule has 1 unspecified atom stereocenters. The van der Waals surface area contributed by atoms with E-state index in [1.54, 1.807) is 0 Å². The number of hydrogen-bond donors (Lipinski definition) is 0. The highest BCUT2D eigenvalue weighted by Crippen LogP contribution is 2.31. The third-order valence-electron chi connectivity index (χ3n) is 4.81. The van der Waals surface area contributed by atoms with E-state index in [9.17, 15) is 13.2 Å². The maximum absolute atomic E-state index is 13.0. The highest BCUT2D eigenvalue weighted by Gasteiger charge is 2.35. The van der Waals surface area contributed by atoms with E-state index in [1.807, 2.05) is 24.9 Å². The molecule has 27 heavy (non-hydrogen) atoms. The smallest absolute Gasteiger partial charge is 0.355 e. The van der Waals surface area contributed by atoms with Crippen molar-refractivity contribution in [2.24, 2.45) is 0 Å². The SMILES string of the molecule is Cc1cc(N(C)C2CCN(c3nccn4cc(C(F)(F)F)nc34)C2)ncn1. The zero-order chi connectivity index (χ0) is 19.2. The van der Waals surface area contributed by atoms with Gasteiger partial charge in [0.2, 0.25) is 0 Å². The molecular weight excluding hydrogens is 359 g/mol. The average molecular weight is 377 g/mol. The number of hydrogen-bond acceptors (Lipinski definition) is 6. The van der Waals surface area contributed by atoms with Crippen molar-refractivity contribution in [1.29, 1.82) is 0 Å². The van der Waals surface area contributed by atoms with Gasteiger partial charge < -0.3 is 14.2 Å². The molecule has 0 amide bonds. The van der Waals surface area contributed by atoms with Crippen LogP contribution in [0, 0.1) is 6.92 Å². The summed E-state index contributed by atoms with van der Waals surface area (Å²) in [6.07, 6.45) is 1.85. The van der Waals surface area contributed by atoms with Crippen LogP contribution in [-0.4, -0.2) is 50.5 Å². The van der Waals surface area contributed by atoms with Crippen LogP contribution in [-0.2, 0) is 6.18 Å². The monoisotopic (exact) mass is 377 g/mol. The van der Waals surface area contributed by atoms with Gasteiger partial charge in [-0.3, -0.25) is 0 Å². The molecule has 1 fully saturated rings. The molecule has 1 saturated heterocycles. The maximum Gasteiger partial charge on any atom is 0.434 e. The molecule has 10 heteroatoms. The molecule has 1 aliphatic rings. The largest absolute Gasteiger partial charge is 0.434 e. The van der Waals surface area contributed by atoms with E-state index in [4.69, 9.17) is 0 Å². The molecule has 0 bridgehead atoms. The molecule has 0 aliphatic carbocycles. The zero-order valence-electron chi connectivity index (χ0n) is 14.8. The summed E-state index contributed by atoms with van der Waals surface area (Å²) in [6, 6.07) is 2.07. The molecular formula is C17H18F3N7. The van der Waals surface area contributed by atoms with Gasteiger partial charge in [-0.2, -0.15) is 13.2 Å². The Bertz CT molecular complexity index is 969. The first-order valence-electron chi connectivity index (χ1n) is 8.50. The van der Waals surface area contributed by atoms with Gasteiger partial charge in [0.25, 0.3) is 0 Å². The molecule has 0 saturated carbocycles. The van der Waals surface area contributed by atoms with Crippen molar-refractivity contribution in [3.05, 3.63) is 42.4 Å². The summed E-state index contributed by atoms with van der Waals surface area (Å²) in [7, 11) is 1.96. The minimum absolute atomic E-state index is 0.165. The summed E-state index contributed by atoms with van der Waals surface area (Å²) in [5.74, 6) is 1.28. The fraction of sp³-hybridized carbons (Fsp3) is 0.412. The van der Waals surface area contributed by atoms with Crippen molar-refractivity contribution in [3.63, 3.8) is 0 Å². The fourth-order valence-electron chi connectivity index (χ4n) is 3.34. The van der Waals surface area contributed by atoms with Crippen LogP contribution < -0.4 is 9.80 Å². The Kier molecular flexibility index (Phi) is 4.12. The molecule has 1 atom stereocenters. The van der Waals surface area contributed by atoms with Crippen molar-refractivity contribution >= 4 is 17.3 Å². The summed E-state index contributed by atoms with van der Waals surface area (Å²) < 4.78 is 40.4. The summed E-state index contributed by atoms with van der Waals surface area (Å²) in [6.45, 7) is 3.21. The van der Waals surface area contributed by atoms with Gasteiger partial charge in [0.1, 0.15) is 12.1 Å². The number of fused-ring (bicyclic) bond motifs is 1. The van der Waals surface area contributed by atoms with Crippen LogP contribution in [0.4, 0.5) is 24.8 Å². The Labute approximate surface area is 153 Å². The number of aryl methyl sites for hydroxylation is 1. The molecule has 3 aromatic heterocycles. The average Bonchev–Trinajstić information content (AvgIpc) is 3.27. The molecule has 0 aromatic carbocycles. The van der Waals surface area contributed by atoms with E-state index in [-0.39, 0.29) is 11.7 Å². The van der Waals surface area contributed by atoms with Crippen molar-refractivity contribution in [1.82, 2.24) is 24.3 Å².